The van der Waals surface area contributed by atoms with E-state index in [0.29, 0.717) is 19.3 Å². The van der Waals surface area contributed by atoms with Crippen LogP contribution in [0.5, 0.6) is 0 Å². The zero-order valence-electron chi connectivity index (χ0n) is 9.18. The minimum Gasteiger partial charge on any atom is -0.481 e. The lowest BCUT2D eigenvalue weighted by Crippen LogP contribution is -2.42. The molecule has 0 radical (unpaired) electrons. The van der Waals surface area contributed by atoms with Gasteiger partial charge in [-0.15, -0.1) is 0 Å². The van der Waals surface area contributed by atoms with Crippen molar-refractivity contribution < 1.29 is 27.1 Å². The molecule has 0 saturated carbocycles. The van der Waals surface area contributed by atoms with Gasteiger partial charge in [-0.3, -0.25) is 4.79 Å². The highest BCUT2D eigenvalue weighted by atomic mass is 32.2. The van der Waals surface area contributed by atoms with Gasteiger partial charge in [-0.2, -0.15) is 13.1 Å². The van der Waals surface area contributed by atoms with E-state index in [-0.39, 0.29) is 25.4 Å². The topological polar surface area (TPSA) is 74.7 Å². The molecule has 1 aliphatic heterocycles. The second-order valence-corrected chi connectivity index (χ2v) is 6.01. The van der Waals surface area contributed by atoms with Crippen LogP contribution < -0.4 is 0 Å². The number of rotatable bonds is 5. The molecule has 1 saturated heterocycles. The lowest BCUT2D eigenvalue weighted by Gasteiger charge is -2.31. The fourth-order valence-electron chi connectivity index (χ4n) is 1.93. The SMILES string of the molecule is O=C(O)CCC1CCCN(S(=O)(=O)C(F)F)C1. The third kappa shape index (κ3) is 3.88. The van der Waals surface area contributed by atoms with Crippen LogP contribution in [0.3, 0.4) is 0 Å². The number of alkyl halides is 2. The molecule has 1 unspecified atom stereocenters. The summed E-state index contributed by atoms with van der Waals surface area (Å²) in [5, 5.41) is 8.51. The van der Waals surface area contributed by atoms with Gasteiger partial charge in [0.05, 0.1) is 0 Å². The first-order chi connectivity index (χ1) is 7.84. The molecule has 100 valence electrons. The summed E-state index contributed by atoms with van der Waals surface area (Å²) in [5.74, 6) is -4.51. The third-order valence-corrected chi connectivity index (χ3v) is 4.33. The van der Waals surface area contributed by atoms with E-state index in [9.17, 15) is 22.0 Å². The van der Waals surface area contributed by atoms with E-state index in [1.807, 2.05) is 0 Å². The van der Waals surface area contributed by atoms with Crippen LogP contribution in [0, 0.1) is 5.92 Å². The minimum absolute atomic E-state index is 0.0000463. The van der Waals surface area contributed by atoms with Crippen molar-refractivity contribution in [2.75, 3.05) is 13.1 Å². The Bertz CT molecular complexity index is 371. The first-order valence-electron chi connectivity index (χ1n) is 5.33. The van der Waals surface area contributed by atoms with Crippen molar-refractivity contribution in [1.82, 2.24) is 4.31 Å². The summed E-state index contributed by atoms with van der Waals surface area (Å²) in [4.78, 5) is 10.4. The summed E-state index contributed by atoms with van der Waals surface area (Å²) in [6, 6.07) is 0. The molecule has 1 fully saturated rings. The van der Waals surface area contributed by atoms with Gasteiger partial charge in [0, 0.05) is 19.5 Å². The van der Waals surface area contributed by atoms with E-state index < -0.39 is 21.8 Å². The van der Waals surface area contributed by atoms with Gasteiger partial charge in [0.15, 0.2) is 0 Å². The minimum atomic E-state index is -4.52. The summed E-state index contributed by atoms with van der Waals surface area (Å²) < 4.78 is 47.9. The van der Waals surface area contributed by atoms with Crippen molar-refractivity contribution >= 4 is 16.0 Å². The van der Waals surface area contributed by atoms with E-state index in [1.165, 1.54) is 0 Å². The average molecular weight is 271 g/mol. The summed E-state index contributed by atoms with van der Waals surface area (Å²) in [5.41, 5.74) is 0. The van der Waals surface area contributed by atoms with Crippen molar-refractivity contribution in [3.63, 3.8) is 0 Å². The van der Waals surface area contributed by atoms with Crippen molar-refractivity contribution in [1.29, 1.82) is 0 Å². The van der Waals surface area contributed by atoms with E-state index >= 15 is 0 Å². The van der Waals surface area contributed by atoms with Gasteiger partial charge in [-0.25, -0.2) is 8.42 Å². The molecule has 0 aliphatic carbocycles. The first-order valence-corrected chi connectivity index (χ1v) is 6.83. The average Bonchev–Trinajstić information content (AvgIpc) is 2.26. The van der Waals surface area contributed by atoms with E-state index in [1.54, 1.807) is 0 Å². The number of hydrogen-bond donors (Lipinski definition) is 1. The van der Waals surface area contributed by atoms with E-state index in [0.717, 1.165) is 4.31 Å². The fraction of sp³-hybridized carbons (Fsp3) is 0.889. The molecule has 1 rings (SSSR count). The molecule has 8 heteroatoms. The molecule has 0 bridgehead atoms. The zero-order valence-corrected chi connectivity index (χ0v) is 10.00. The Labute approximate surface area is 98.5 Å². The predicted octanol–water partition coefficient (Wildman–Crippen LogP) is 1.12. The van der Waals surface area contributed by atoms with Crippen molar-refractivity contribution in [2.45, 2.75) is 31.4 Å². The Hall–Kier alpha value is -0.760. The van der Waals surface area contributed by atoms with Crippen molar-refractivity contribution in [3.8, 4) is 0 Å². The van der Waals surface area contributed by atoms with Gasteiger partial charge >= 0.3 is 11.7 Å². The van der Waals surface area contributed by atoms with Crippen molar-refractivity contribution in [2.24, 2.45) is 5.92 Å². The van der Waals surface area contributed by atoms with Gasteiger partial charge in [0.2, 0.25) is 0 Å². The first kappa shape index (κ1) is 14.3. The Balaban J connectivity index is 2.58. The third-order valence-electron chi connectivity index (χ3n) is 2.83. The Morgan fingerprint density at radius 3 is 2.65 bits per heavy atom. The fourth-order valence-corrected chi connectivity index (χ4v) is 2.96. The molecule has 0 aromatic heterocycles. The number of piperidine rings is 1. The van der Waals surface area contributed by atoms with Crippen LogP contribution in [-0.4, -0.2) is 42.6 Å². The van der Waals surface area contributed by atoms with Crippen LogP contribution in [0.15, 0.2) is 0 Å². The Morgan fingerprint density at radius 2 is 2.12 bits per heavy atom. The number of sulfonamides is 1. The molecule has 1 aliphatic rings. The standard InChI is InChI=1S/C9H15F2NO4S/c10-9(11)17(15,16)12-5-1-2-7(6-12)3-4-8(13)14/h7,9H,1-6H2,(H,13,14). The number of hydrogen-bond acceptors (Lipinski definition) is 3. The van der Waals surface area contributed by atoms with Crippen LogP contribution in [0.25, 0.3) is 0 Å². The quantitative estimate of drug-likeness (QED) is 0.813. The van der Waals surface area contributed by atoms with E-state index in [4.69, 9.17) is 5.11 Å². The number of carboxylic acid groups (broad SMARTS) is 1. The second kappa shape index (κ2) is 5.72. The Morgan fingerprint density at radius 1 is 1.47 bits per heavy atom. The molecule has 0 amide bonds. The van der Waals surface area contributed by atoms with Crippen LogP contribution in [0.2, 0.25) is 0 Å². The number of halogens is 2. The lowest BCUT2D eigenvalue weighted by molar-refractivity contribution is -0.137. The van der Waals surface area contributed by atoms with Gasteiger partial charge in [0.25, 0.3) is 10.0 Å². The van der Waals surface area contributed by atoms with Crippen molar-refractivity contribution in [3.05, 3.63) is 0 Å². The maximum Gasteiger partial charge on any atom is 0.350 e. The smallest absolute Gasteiger partial charge is 0.350 e. The Kier molecular flexibility index (Phi) is 4.81. The molecular weight excluding hydrogens is 256 g/mol. The van der Waals surface area contributed by atoms with Crippen LogP contribution >= 0.6 is 0 Å². The zero-order chi connectivity index (χ0) is 13.1. The molecule has 0 aromatic carbocycles. The largest absolute Gasteiger partial charge is 0.481 e. The molecule has 1 heterocycles. The summed E-state index contributed by atoms with van der Waals surface area (Å²) >= 11 is 0. The number of carbonyl (C=O) groups is 1. The van der Waals surface area contributed by atoms with Gasteiger partial charge in [-0.1, -0.05) is 0 Å². The highest BCUT2D eigenvalue weighted by Gasteiger charge is 2.35. The predicted molar refractivity (Wildman–Crippen MR) is 56.1 cm³/mol. The molecule has 1 atom stereocenters. The highest BCUT2D eigenvalue weighted by Crippen LogP contribution is 2.25. The normalized spacial score (nSPS) is 22.9. The van der Waals surface area contributed by atoms with Gasteiger partial charge in [-0.05, 0) is 25.2 Å². The van der Waals surface area contributed by atoms with Gasteiger partial charge in [0.1, 0.15) is 0 Å². The molecule has 1 N–H and O–H groups in total. The summed E-state index contributed by atoms with van der Waals surface area (Å²) in [6.07, 6.45) is 1.44. The maximum atomic E-state index is 12.3. The summed E-state index contributed by atoms with van der Waals surface area (Å²) in [7, 11) is -4.52. The summed E-state index contributed by atoms with van der Waals surface area (Å²) in [6.45, 7) is 0.0935. The monoisotopic (exact) mass is 271 g/mol. The van der Waals surface area contributed by atoms with Crippen LogP contribution in [0.1, 0.15) is 25.7 Å². The molecule has 17 heavy (non-hydrogen) atoms. The molecule has 0 aromatic rings. The maximum absolute atomic E-state index is 12.3. The number of nitrogens with zero attached hydrogens (tertiary/aromatic N) is 1. The lowest BCUT2D eigenvalue weighted by atomic mass is 9.95. The number of carboxylic acids is 1. The van der Waals surface area contributed by atoms with E-state index in [2.05, 4.69) is 0 Å². The number of aliphatic carboxylic acids is 1. The molecular formula is C9H15F2NO4S. The second-order valence-electron chi connectivity index (χ2n) is 4.10. The molecule has 0 spiro atoms. The molecule has 5 nitrogen and oxygen atoms in total. The van der Waals surface area contributed by atoms with Crippen LogP contribution in [0.4, 0.5) is 8.78 Å². The van der Waals surface area contributed by atoms with Gasteiger partial charge < -0.3 is 5.11 Å². The highest BCUT2D eigenvalue weighted by molar-refractivity contribution is 7.89. The van der Waals surface area contributed by atoms with Crippen LogP contribution in [-0.2, 0) is 14.8 Å².